The van der Waals surface area contributed by atoms with Crippen LogP contribution in [0.3, 0.4) is 0 Å². The molecule has 114 valence electrons. The molecule has 1 atom stereocenters. The number of fused-ring (bicyclic) bond motifs is 1. The van der Waals surface area contributed by atoms with Gasteiger partial charge in [-0.05, 0) is 45.8 Å². The Balaban J connectivity index is 2.71. The third-order valence-corrected chi connectivity index (χ3v) is 4.38. The molecule has 0 aliphatic carbocycles. The Labute approximate surface area is 127 Å². The van der Waals surface area contributed by atoms with E-state index < -0.39 is 0 Å². The largest absolute Gasteiger partial charge is 0.496 e. The van der Waals surface area contributed by atoms with Crippen molar-refractivity contribution in [1.29, 1.82) is 0 Å². The van der Waals surface area contributed by atoms with Gasteiger partial charge in [0.15, 0.2) is 6.29 Å². The lowest BCUT2D eigenvalue weighted by molar-refractivity contribution is 0.112. The highest BCUT2D eigenvalue weighted by Gasteiger charge is 2.34. The van der Waals surface area contributed by atoms with Crippen LogP contribution in [0, 0.1) is 0 Å². The molecule has 0 unspecified atom stereocenters. The molecule has 0 radical (unpaired) electrons. The van der Waals surface area contributed by atoms with Crippen LogP contribution in [0.2, 0.25) is 0 Å². The molecule has 1 aromatic rings. The molecule has 0 fully saturated rings. The minimum atomic E-state index is -0.0553. The number of allylic oxidation sites excluding steroid dienone is 1. The van der Waals surface area contributed by atoms with Crippen LogP contribution in [0.15, 0.2) is 18.2 Å². The lowest BCUT2D eigenvalue weighted by atomic mass is 9.86. The number of ether oxygens (including phenoxy) is 1. The second kappa shape index (κ2) is 5.55. The molecule has 0 bridgehead atoms. The van der Waals surface area contributed by atoms with Gasteiger partial charge in [-0.2, -0.15) is 0 Å². The van der Waals surface area contributed by atoms with E-state index in [1.807, 2.05) is 12.1 Å². The first-order valence-electron chi connectivity index (χ1n) is 7.52. The molecular formula is C18H25NO2. The molecule has 3 heteroatoms. The molecule has 0 N–H and O–H groups in total. The van der Waals surface area contributed by atoms with Crippen LogP contribution < -0.4 is 9.64 Å². The highest BCUT2D eigenvalue weighted by Crippen LogP contribution is 2.43. The van der Waals surface area contributed by atoms with Crippen LogP contribution in [0.1, 0.15) is 57.0 Å². The van der Waals surface area contributed by atoms with Crippen molar-refractivity contribution in [3.8, 4) is 5.75 Å². The summed E-state index contributed by atoms with van der Waals surface area (Å²) in [6.45, 7) is 11.0. The Kier molecular flexibility index (Phi) is 4.13. The smallest absolute Gasteiger partial charge is 0.153 e. The quantitative estimate of drug-likeness (QED) is 0.773. The van der Waals surface area contributed by atoms with Crippen molar-refractivity contribution >= 4 is 17.5 Å². The predicted molar refractivity (Wildman–Crippen MR) is 88.3 cm³/mol. The van der Waals surface area contributed by atoms with Crippen LogP contribution in [0.25, 0.3) is 5.57 Å². The van der Waals surface area contributed by atoms with Crippen LogP contribution >= 0.6 is 0 Å². The van der Waals surface area contributed by atoms with E-state index >= 15 is 0 Å². The van der Waals surface area contributed by atoms with Gasteiger partial charge in [0.05, 0.1) is 18.2 Å². The number of aldehydes is 1. The highest BCUT2D eigenvalue weighted by atomic mass is 16.5. The maximum Gasteiger partial charge on any atom is 0.153 e. The molecule has 0 aromatic heterocycles. The number of hydrogen-bond acceptors (Lipinski definition) is 3. The summed E-state index contributed by atoms with van der Waals surface area (Å²) in [4.78, 5) is 13.7. The highest BCUT2D eigenvalue weighted by molar-refractivity contribution is 5.89. The summed E-state index contributed by atoms with van der Waals surface area (Å²) in [7, 11) is 1.61. The van der Waals surface area contributed by atoms with E-state index in [2.05, 4.69) is 45.6 Å². The summed E-state index contributed by atoms with van der Waals surface area (Å²) >= 11 is 0. The van der Waals surface area contributed by atoms with Gasteiger partial charge in [-0.25, -0.2) is 0 Å². The molecule has 1 aliphatic heterocycles. The Morgan fingerprint density at radius 3 is 2.57 bits per heavy atom. The van der Waals surface area contributed by atoms with Gasteiger partial charge in [-0.3, -0.25) is 4.79 Å². The zero-order valence-corrected chi connectivity index (χ0v) is 13.9. The summed E-state index contributed by atoms with van der Waals surface area (Å²) in [5.74, 6) is 0.641. The molecule has 0 saturated carbocycles. The van der Waals surface area contributed by atoms with E-state index in [-0.39, 0.29) is 5.54 Å². The standard InChI is InChI=1S/C18H25NO2/c1-7-13(3)19-16-9-17(21-6)14(11-20)8-15(16)12(2)10-18(19,4)5/h8-11,13H,7H2,1-6H3/t13-/m0/s1. The van der Waals surface area contributed by atoms with Gasteiger partial charge >= 0.3 is 0 Å². The molecule has 1 aromatic carbocycles. The van der Waals surface area contributed by atoms with E-state index in [1.165, 1.54) is 5.57 Å². The number of rotatable bonds is 4. The maximum absolute atomic E-state index is 11.3. The van der Waals surface area contributed by atoms with E-state index in [4.69, 9.17) is 4.74 Å². The van der Waals surface area contributed by atoms with Crippen molar-refractivity contribution in [2.24, 2.45) is 0 Å². The molecule has 1 aliphatic rings. The summed E-state index contributed by atoms with van der Waals surface area (Å²) in [5, 5.41) is 0. The Morgan fingerprint density at radius 2 is 2.05 bits per heavy atom. The zero-order chi connectivity index (χ0) is 15.8. The number of anilines is 1. The van der Waals surface area contributed by atoms with Crippen LogP contribution in [0.4, 0.5) is 5.69 Å². The van der Waals surface area contributed by atoms with Crippen LogP contribution in [-0.4, -0.2) is 25.0 Å². The predicted octanol–water partition coefficient (Wildman–Crippen LogP) is 4.31. The number of carbonyl (C=O) groups excluding carboxylic acids is 1. The number of methoxy groups -OCH3 is 1. The van der Waals surface area contributed by atoms with Gasteiger partial charge in [0.1, 0.15) is 5.75 Å². The SMILES string of the molecule is CC[C@H](C)N1c2cc(OC)c(C=O)cc2C(C)=CC1(C)C. The lowest BCUT2D eigenvalue weighted by Crippen LogP contribution is -2.50. The Bertz CT molecular complexity index is 587. The monoisotopic (exact) mass is 287 g/mol. The van der Waals surface area contributed by atoms with Gasteiger partial charge in [-0.1, -0.05) is 13.0 Å². The molecule has 0 saturated heterocycles. The zero-order valence-electron chi connectivity index (χ0n) is 13.9. The van der Waals surface area contributed by atoms with Crippen molar-refractivity contribution < 1.29 is 9.53 Å². The van der Waals surface area contributed by atoms with E-state index in [0.29, 0.717) is 17.4 Å². The van der Waals surface area contributed by atoms with E-state index in [1.54, 1.807) is 7.11 Å². The first kappa shape index (κ1) is 15.6. The molecule has 1 heterocycles. The third-order valence-electron chi connectivity index (χ3n) is 4.38. The van der Waals surface area contributed by atoms with Crippen molar-refractivity contribution in [1.82, 2.24) is 0 Å². The van der Waals surface area contributed by atoms with Gasteiger partial charge < -0.3 is 9.64 Å². The molecule has 2 rings (SSSR count). The molecule has 3 nitrogen and oxygen atoms in total. The first-order valence-corrected chi connectivity index (χ1v) is 7.52. The van der Waals surface area contributed by atoms with Crippen LogP contribution in [-0.2, 0) is 0 Å². The fourth-order valence-electron chi connectivity index (χ4n) is 3.35. The fraction of sp³-hybridized carbons (Fsp3) is 0.500. The second-order valence-electron chi connectivity index (χ2n) is 6.34. The topological polar surface area (TPSA) is 29.5 Å². The summed E-state index contributed by atoms with van der Waals surface area (Å²) < 4.78 is 5.39. The average molecular weight is 287 g/mol. The van der Waals surface area contributed by atoms with Gasteiger partial charge in [0, 0.05) is 23.4 Å². The lowest BCUT2D eigenvalue weighted by Gasteiger charge is -2.47. The molecule has 21 heavy (non-hydrogen) atoms. The second-order valence-corrected chi connectivity index (χ2v) is 6.34. The van der Waals surface area contributed by atoms with Gasteiger partial charge in [0.2, 0.25) is 0 Å². The van der Waals surface area contributed by atoms with Gasteiger partial charge in [-0.15, -0.1) is 0 Å². The molecule has 0 amide bonds. The first-order chi connectivity index (χ1) is 9.85. The normalized spacial score (nSPS) is 17.8. The van der Waals surface area contributed by atoms with Crippen molar-refractivity contribution in [2.45, 2.75) is 52.6 Å². The van der Waals surface area contributed by atoms with E-state index in [9.17, 15) is 4.79 Å². The van der Waals surface area contributed by atoms with Crippen LogP contribution in [0.5, 0.6) is 5.75 Å². The molecular weight excluding hydrogens is 262 g/mol. The Hall–Kier alpha value is -1.77. The van der Waals surface area contributed by atoms with Crippen molar-refractivity contribution in [3.63, 3.8) is 0 Å². The summed E-state index contributed by atoms with van der Waals surface area (Å²) in [5.41, 5.74) is 4.03. The minimum Gasteiger partial charge on any atom is -0.496 e. The van der Waals surface area contributed by atoms with Gasteiger partial charge in [0.25, 0.3) is 0 Å². The number of hydrogen-bond donors (Lipinski definition) is 0. The average Bonchev–Trinajstić information content (AvgIpc) is 2.44. The maximum atomic E-state index is 11.3. The summed E-state index contributed by atoms with van der Waals surface area (Å²) in [6, 6.07) is 4.36. The Morgan fingerprint density at radius 1 is 1.38 bits per heavy atom. The fourth-order valence-corrected chi connectivity index (χ4v) is 3.35. The van der Waals surface area contributed by atoms with Crippen molar-refractivity contribution in [2.75, 3.05) is 12.0 Å². The minimum absolute atomic E-state index is 0.0553. The summed E-state index contributed by atoms with van der Waals surface area (Å²) in [6.07, 6.45) is 4.20. The number of nitrogens with zero attached hydrogens (tertiary/aromatic N) is 1. The number of carbonyl (C=O) groups is 1. The number of benzene rings is 1. The van der Waals surface area contributed by atoms with E-state index in [0.717, 1.165) is 24.0 Å². The third kappa shape index (κ3) is 2.57. The molecule has 0 spiro atoms. The van der Waals surface area contributed by atoms with Crippen molar-refractivity contribution in [3.05, 3.63) is 29.3 Å².